The molecular formula is C14H12ClN3O. The third-order valence-electron chi connectivity index (χ3n) is 3.23. The molecule has 0 bridgehead atoms. The quantitative estimate of drug-likeness (QED) is 0.862. The summed E-state index contributed by atoms with van der Waals surface area (Å²) in [5.41, 5.74) is 2.11. The summed E-state index contributed by atoms with van der Waals surface area (Å²) in [6, 6.07) is 9.61. The second-order valence-electron chi connectivity index (χ2n) is 4.55. The zero-order valence-corrected chi connectivity index (χ0v) is 11.2. The van der Waals surface area contributed by atoms with Crippen LogP contribution in [0.5, 0.6) is 5.75 Å². The highest BCUT2D eigenvalue weighted by atomic mass is 35.5. The van der Waals surface area contributed by atoms with E-state index in [-0.39, 0.29) is 0 Å². The second kappa shape index (κ2) is 4.60. The maximum Gasteiger partial charge on any atom is 0.150 e. The van der Waals surface area contributed by atoms with Crippen molar-refractivity contribution in [1.29, 1.82) is 5.26 Å². The highest BCUT2D eigenvalue weighted by Gasteiger charge is 2.31. The van der Waals surface area contributed by atoms with Crippen LogP contribution in [0.15, 0.2) is 24.3 Å². The van der Waals surface area contributed by atoms with Gasteiger partial charge in [0, 0.05) is 12.0 Å². The van der Waals surface area contributed by atoms with Gasteiger partial charge in [-0.1, -0.05) is 17.7 Å². The summed E-state index contributed by atoms with van der Waals surface area (Å²) < 4.78 is 6.80. The Morgan fingerprint density at radius 3 is 2.89 bits per heavy atom. The van der Waals surface area contributed by atoms with Crippen molar-refractivity contribution in [1.82, 2.24) is 9.78 Å². The van der Waals surface area contributed by atoms with Gasteiger partial charge in [0.15, 0.2) is 5.15 Å². The van der Waals surface area contributed by atoms with Gasteiger partial charge in [-0.05, 0) is 25.0 Å². The van der Waals surface area contributed by atoms with E-state index in [2.05, 4.69) is 11.2 Å². The molecule has 0 unspecified atom stereocenters. The van der Waals surface area contributed by atoms with Crippen LogP contribution in [0.2, 0.25) is 5.15 Å². The molecule has 1 aliphatic carbocycles. The Labute approximate surface area is 116 Å². The van der Waals surface area contributed by atoms with E-state index >= 15 is 0 Å². The summed E-state index contributed by atoms with van der Waals surface area (Å²) in [6.07, 6.45) is 2.17. The van der Waals surface area contributed by atoms with E-state index in [1.807, 2.05) is 24.3 Å². The molecule has 2 aromatic rings. The van der Waals surface area contributed by atoms with Crippen LogP contribution >= 0.6 is 11.6 Å². The first-order valence-corrected chi connectivity index (χ1v) is 6.45. The van der Waals surface area contributed by atoms with E-state index in [0.717, 1.165) is 30.0 Å². The number of ether oxygens (including phenoxy) is 1. The second-order valence-corrected chi connectivity index (χ2v) is 4.91. The van der Waals surface area contributed by atoms with E-state index in [1.54, 1.807) is 11.8 Å². The minimum Gasteiger partial charge on any atom is -0.497 e. The summed E-state index contributed by atoms with van der Waals surface area (Å²) in [5.74, 6) is 1.12. The maximum atomic E-state index is 9.22. The number of hydrogen-bond donors (Lipinski definition) is 0. The van der Waals surface area contributed by atoms with Crippen LogP contribution in [0.25, 0.3) is 5.69 Å². The Balaban J connectivity index is 2.12. The minimum absolute atomic E-state index is 0.373. The zero-order valence-electron chi connectivity index (χ0n) is 10.4. The fourth-order valence-corrected chi connectivity index (χ4v) is 2.35. The van der Waals surface area contributed by atoms with Gasteiger partial charge in [-0.3, -0.25) is 0 Å². The summed E-state index contributed by atoms with van der Waals surface area (Å²) >= 11 is 6.27. The molecule has 3 rings (SSSR count). The van der Waals surface area contributed by atoms with E-state index in [4.69, 9.17) is 16.3 Å². The smallest absolute Gasteiger partial charge is 0.150 e. The van der Waals surface area contributed by atoms with Crippen molar-refractivity contribution in [2.24, 2.45) is 0 Å². The Kier molecular flexibility index (Phi) is 2.92. The lowest BCUT2D eigenvalue weighted by molar-refractivity contribution is 0.414. The van der Waals surface area contributed by atoms with Crippen molar-refractivity contribution in [3.8, 4) is 17.5 Å². The van der Waals surface area contributed by atoms with E-state index in [0.29, 0.717) is 16.6 Å². The van der Waals surface area contributed by atoms with Crippen LogP contribution in [-0.2, 0) is 0 Å². The minimum atomic E-state index is 0.373. The number of rotatable bonds is 3. The summed E-state index contributed by atoms with van der Waals surface area (Å²) in [5, 5.41) is 14.1. The molecule has 4 nitrogen and oxygen atoms in total. The van der Waals surface area contributed by atoms with Crippen LogP contribution in [0.1, 0.15) is 30.0 Å². The van der Waals surface area contributed by atoms with Crippen LogP contribution in [0, 0.1) is 11.3 Å². The lowest BCUT2D eigenvalue weighted by atomic mass is 10.2. The number of halogens is 1. The molecule has 1 aromatic heterocycles. The molecule has 0 radical (unpaired) electrons. The molecular weight excluding hydrogens is 262 g/mol. The van der Waals surface area contributed by atoms with Gasteiger partial charge in [-0.2, -0.15) is 10.4 Å². The van der Waals surface area contributed by atoms with E-state index in [1.165, 1.54) is 0 Å². The monoisotopic (exact) mass is 273 g/mol. The van der Waals surface area contributed by atoms with Crippen molar-refractivity contribution < 1.29 is 4.74 Å². The molecule has 0 atom stereocenters. The summed E-state index contributed by atoms with van der Waals surface area (Å²) in [7, 11) is 1.61. The lowest BCUT2D eigenvalue weighted by Crippen LogP contribution is -1.97. The van der Waals surface area contributed by atoms with Crippen LogP contribution in [0.4, 0.5) is 0 Å². The molecule has 96 valence electrons. The molecule has 0 spiro atoms. The Hall–Kier alpha value is -1.99. The number of methoxy groups -OCH3 is 1. The number of nitriles is 1. The molecule has 0 amide bonds. The van der Waals surface area contributed by atoms with Crippen molar-refractivity contribution in [3.05, 3.63) is 40.7 Å². The van der Waals surface area contributed by atoms with Gasteiger partial charge >= 0.3 is 0 Å². The van der Waals surface area contributed by atoms with Gasteiger partial charge in [0.25, 0.3) is 0 Å². The van der Waals surface area contributed by atoms with Crippen LogP contribution in [0.3, 0.4) is 0 Å². The van der Waals surface area contributed by atoms with Crippen molar-refractivity contribution in [2.45, 2.75) is 18.8 Å². The zero-order chi connectivity index (χ0) is 13.4. The van der Waals surface area contributed by atoms with Gasteiger partial charge in [0.05, 0.1) is 18.5 Å². The molecule has 19 heavy (non-hydrogen) atoms. The van der Waals surface area contributed by atoms with Crippen LogP contribution in [-0.4, -0.2) is 16.9 Å². The standard InChI is InChI=1S/C14H12ClN3O/c1-19-11-4-2-3-10(7-11)18-14(15)12(8-16)13(17-18)9-5-6-9/h2-4,7,9H,5-6H2,1H3. The van der Waals surface area contributed by atoms with Crippen molar-refractivity contribution in [3.63, 3.8) is 0 Å². The average molecular weight is 274 g/mol. The Bertz CT molecular complexity index is 668. The number of hydrogen-bond acceptors (Lipinski definition) is 3. The molecule has 0 N–H and O–H groups in total. The number of benzene rings is 1. The van der Waals surface area contributed by atoms with E-state index < -0.39 is 0 Å². The summed E-state index contributed by atoms with van der Waals surface area (Å²) in [6.45, 7) is 0. The van der Waals surface area contributed by atoms with E-state index in [9.17, 15) is 5.26 Å². The first-order valence-electron chi connectivity index (χ1n) is 6.07. The first-order chi connectivity index (χ1) is 9.24. The normalized spacial score (nSPS) is 14.2. The fourth-order valence-electron chi connectivity index (χ4n) is 2.07. The number of nitrogens with zero attached hydrogens (tertiary/aromatic N) is 3. The van der Waals surface area contributed by atoms with Gasteiger partial charge in [-0.25, -0.2) is 4.68 Å². The SMILES string of the molecule is COc1cccc(-n2nc(C3CC3)c(C#N)c2Cl)c1. The third-order valence-corrected chi connectivity index (χ3v) is 3.58. The Morgan fingerprint density at radius 2 is 2.26 bits per heavy atom. The predicted molar refractivity (Wildman–Crippen MR) is 71.8 cm³/mol. The molecule has 1 fully saturated rings. The lowest BCUT2D eigenvalue weighted by Gasteiger charge is -2.05. The highest BCUT2D eigenvalue weighted by Crippen LogP contribution is 2.42. The maximum absolute atomic E-state index is 9.22. The molecule has 1 aliphatic rings. The molecule has 1 heterocycles. The third kappa shape index (κ3) is 2.06. The molecule has 0 saturated heterocycles. The van der Waals surface area contributed by atoms with Crippen molar-refractivity contribution in [2.75, 3.05) is 7.11 Å². The molecule has 1 aromatic carbocycles. The fraction of sp³-hybridized carbons (Fsp3) is 0.286. The predicted octanol–water partition coefficient (Wildman–Crippen LogP) is 3.28. The molecule has 1 saturated carbocycles. The average Bonchev–Trinajstić information content (AvgIpc) is 3.23. The van der Waals surface area contributed by atoms with Gasteiger partial charge in [-0.15, -0.1) is 0 Å². The topological polar surface area (TPSA) is 50.8 Å². The molecule has 0 aliphatic heterocycles. The van der Waals surface area contributed by atoms with Crippen LogP contribution < -0.4 is 4.74 Å². The number of aromatic nitrogens is 2. The van der Waals surface area contributed by atoms with Gasteiger partial charge in [0.2, 0.25) is 0 Å². The van der Waals surface area contributed by atoms with Gasteiger partial charge < -0.3 is 4.74 Å². The first kappa shape index (κ1) is 12.1. The largest absolute Gasteiger partial charge is 0.497 e. The molecule has 5 heteroatoms. The van der Waals surface area contributed by atoms with Crippen molar-refractivity contribution >= 4 is 11.6 Å². The highest BCUT2D eigenvalue weighted by molar-refractivity contribution is 6.31. The summed E-state index contributed by atoms with van der Waals surface area (Å²) in [4.78, 5) is 0. The Morgan fingerprint density at radius 1 is 1.47 bits per heavy atom. The van der Waals surface area contributed by atoms with Gasteiger partial charge in [0.1, 0.15) is 17.4 Å².